The molecule has 3 atom stereocenters. The summed E-state index contributed by atoms with van der Waals surface area (Å²) in [6, 6.07) is 1.83. The molecule has 0 aliphatic heterocycles. The van der Waals surface area contributed by atoms with Gasteiger partial charge >= 0.3 is 0 Å². The quantitative estimate of drug-likeness (QED) is 0.643. The number of nitrogens with one attached hydrogen (secondary N) is 1. The van der Waals surface area contributed by atoms with E-state index < -0.39 is 0 Å². The average Bonchev–Trinajstić information content (AvgIpc) is 3.01. The first-order valence-electron chi connectivity index (χ1n) is 7.14. The molecule has 1 aromatic rings. The molecule has 2 aliphatic rings. The number of nitrogens with two attached hydrogens (primary N) is 1. The molecule has 1 aromatic heterocycles. The molecule has 2 fully saturated rings. The van der Waals surface area contributed by atoms with Crippen molar-refractivity contribution in [3.8, 4) is 0 Å². The highest BCUT2D eigenvalue weighted by Crippen LogP contribution is 2.48. The second-order valence-corrected chi connectivity index (χ2v) is 6.12. The molecule has 19 heavy (non-hydrogen) atoms. The molecule has 2 saturated carbocycles. The minimum absolute atomic E-state index is 0.122. The summed E-state index contributed by atoms with van der Waals surface area (Å²) in [5, 5.41) is 7.66. The fourth-order valence-electron chi connectivity index (χ4n) is 3.97. The molecule has 4 heteroatoms. The Morgan fingerprint density at radius 3 is 2.95 bits per heavy atom. The summed E-state index contributed by atoms with van der Waals surface area (Å²) < 4.78 is 0. The van der Waals surface area contributed by atoms with Crippen LogP contribution in [0.5, 0.6) is 0 Å². The van der Waals surface area contributed by atoms with Gasteiger partial charge in [-0.15, -0.1) is 0 Å². The first-order valence-corrected chi connectivity index (χ1v) is 7.14. The smallest absolute Gasteiger partial charge is 0.125 e. The summed E-state index contributed by atoms with van der Waals surface area (Å²) in [6.07, 6.45) is 9.19. The van der Waals surface area contributed by atoms with Crippen LogP contribution in [0.4, 0.5) is 5.69 Å². The highest BCUT2D eigenvalue weighted by Gasteiger charge is 2.39. The molecular formula is C15H22N4. The normalized spacial score (nSPS) is 28.6. The van der Waals surface area contributed by atoms with Gasteiger partial charge in [0.05, 0.1) is 11.9 Å². The number of rotatable bonds is 4. The van der Waals surface area contributed by atoms with Gasteiger partial charge < -0.3 is 10.6 Å². The lowest BCUT2D eigenvalue weighted by Crippen LogP contribution is -2.30. The summed E-state index contributed by atoms with van der Waals surface area (Å²) in [7, 11) is 2.09. The van der Waals surface area contributed by atoms with Crippen LogP contribution in [-0.2, 0) is 0 Å². The maximum Gasteiger partial charge on any atom is 0.125 e. The third-order valence-electron chi connectivity index (χ3n) is 4.89. The maximum absolute atomic E-state index is 7.66. The Kier molecular flexibility index (Phi) is 3.17. The second kappa shape index (κ2) is 4.83. The van der Waals surface area contributed by atoms with Gasteiger partial charge in [0.1, 0.15) is 5.84 Å². The fourth-order valence-corrected chi connectivity index (χ4v) is 3.97. The van der Waals surface area contributed by atoms with E-state index in [0.29, 0.717) is 0 Å². The Morgan fingerprint density at radius 2 is 2.32 bits per heavy atom. The van der Waals surface area contributed by atoms with Crippen molar-refractivity contribution in [3.63, 3.8) is 0 Å². The van der Waals surface area contributed by atoms with Gasteiger partial charge in [-0.05, 0) is 43.1 Å². The van der Waals surface area contributed by atoms with E-state index in [-0.39, 0.29) is 5.84 Å². The largest absolute Gasteiger partial charge is 0.384 e. The van der Waals surface area contributed by atoms with Crippen molar-refractivity contribution in [3.05, 3.63) is 24.0 Å². The molecule has 2 bridgehead atoms. The summed E-state index contributed by atoms with van der Waals surface area (Å²) in [4.78, 5) is 6.41. The molecule has 0 radical (unpaired) electrons. The zero-order valence-corrected chi connectivity index (χ0v) is 11.5. The molecule has 3 N–H and O–H groups in total. The first kappa shape index (κ1) is 12.5. The van der Waals surface area contributed by atoms with Gasteiger partial charge in [0.2, 0.25) is 0 Å². The van der Waals surface area contributed by atoms with E-state index in [1.807, 2.05) is 12.3 Å². The van der Waals surface area contributed by atoms with Crippen LogP contribution < -0.4 is 10.6 Å². The number of aromatic nitrogens is 1. The van der Waals surface area contributed by atoms with Gasteiger partial charge in [-0.1, -0.05) is 6.42 Å². The zero-order chi connectivity index (χ0) is 13.4. The lowest BCUT2D eigenvalue weighted by molar-refractivity contribution is 0.337. The van der Waals surface area contributed by atoms with Crippen LogP contribution >= 0.6 is 0 Å². The van der Waals surface area contributed by atoms with Gasteiger partial charge in [-0.2, -0.15) is 0 Å². The zero-order valence-electron chi connectivity index (χ0n) is 11.5. The molecule has 2 aliphatic carbocycles. The molecule has 102 valence electrons. The number of amidine groups is 1. The molecular weight excluding hydrogens is 236 g/mol. The number of nitrogen functional groups attached to an aromatic ring is 1. The molecule has 0 saturated heterocycles. The van der Waals surface area contributed by atoms with Crippen molar-refractivity contribution in [2.45, 2.75) is 25.7 Å². The predicted molar refractivity (Wildman–Crippen MR) is 77.5 cm³/mol. The summed E-state index contributed by atoms with van der Waals surface area (Å²) in [5.41, 5.74) is 7.43. The highest BCUT2D eigenvalue weighted by molar-refractivity contribution is 6.00. The molecule has 4 nitrogen and oxygen atoms in total. The van der Waals surface area contributed by atoms with Crippen LogP contribution in [0.25, 0.3) is 0 Å². The number of hydrogen-bond donors (Lipinski definition) is 2. The van der Waals surface area contributed by atoms with Crippen molar-refractivity contribution in [1.29, 1.82) is 5.41 Å². The van der Waals surface area contributed by atoms with Crippen molar-refractivity contribution >= 4 is 11.5 Å². The van der Waals surface area contributed by atoms with E-state index in [0.717, 1.165) is 35.5 Å². The summed E-state index contributed by atoms with van der Waals surface area (Å²) in [5.74, 6) is 2.83. The Bertz CT molecular complexity index is 485. The third-order valence-corrected chi connectivity index (χ3v) is 4.89. The number of fused-ring (bicyclic) bond motifs is 2. The predicted octanol–water partition coefficient (Wildman–Crippen LogP) is 2.24. The number of anilines is 1. The monoisotopic (exact) mass is 258 g/mol. The molecule has 1 heterocycles. The minimum atomic E-state index is 0.122. The van der Waals surface area contributed by atoms with Crippen molar-refractivity contribution < 1.29 is 0 Å². The Labute approximate surface area is 114 Å². The van der Waals surface area contributed by atoms with Crippen LogP contribution in [0, 0.1) is 23.2 Å². The standard InChI is InChI=1S/C15H22N4/c1-19(9-12-7-10-2-3-11(12)6-10)14-8-18-5-4-13(14)15(16)17/h4-5,8,10-12H,2-3,6-7,9H2,1H3,(H3,16,17). The highest BCUT2D eigenvalue weighted by atomic mass is 15.1. The molecule has 0 amide bonds. The van der Waals surface area contributed by atoms with E-state index in [2.05, 4.69) is 16.9 Å². The lowest BCUT2D eigenvalue weighted by atomic mass is 9.88. The van der Waals surface area contributed by atoms with Crippen molar-refractivity contribution in [1.82, 2.24) is 4.98 Å². The third kappa shape index (κ3) is 2.31. The number of pyridine rings is 1. The second-order valence-electron chi connectivity index (χ2n) is 6.12. The van der Waals surface area contributed by atoms with Crippen LogP contribution in [0.3, 0.4) is 0 Å². The number of nitrogens with zero attached hydrogens (tertiary/aromatic N) is 2. The molecule has 0 aromatic carbocycles. The van der Waals surface area contributed by atoms with Gasteiger partial charge in [0, 0.05) is 25.4 Å². The fraction of sp³-hybridized carbons (Fsp3) is 0.600. The van der Waals surface area contributed by atoms with Crippen LogP contribution in [0.1, 0.15) is 31.2 Å². The van der Waals surface area contributed by atoms with Gasteiger partial charge in [-0.3, -0.25) is 10.4 Å². The van der Waals surface area contributed by atoms with Gasteiger partial charge in [0.25, 0.3) is 0 Å². The van der Waals surface area contributed by atoms with E-state index in [4.69, 9.17) is 11.1 Å². The van der Waals surface area contributed by atoms with E-state index in [9.17, 15) is 0 Å². The average molecular weight is 258 g/mol. The summed E-state index contributed by atoms with van der Waals surface area (Å²) >= 11 is 0. The Morgan fingerprint density at radius 1 is 1.47 bits per heavy atom. The SMILES string of the molecule is CN(CC1CC2CCC1C2)c1cnccc1C(=N)N. The first-order chi connectivity index (χ1) is 9.15. The summed E-state index contributed by atoms with van der Waals surface area (Å²) in [6.45, 7) is 1.06. The van der Waals surface area contributed by atoms with Crippen LogP contribution in [0.15, 0.2) is 18.5 Å². The topological polar surface area (TPSA) is 66.0 Å². The van der Waals surface area contributed by atoms with Crippen LogP contribution in [-0.4, -0.2) is 24.4 Å². The van der Waals surface area contributed by atoms with E-state index >= 15 is 0 Å². The minimum Gasteiger partial charge on any atom is -0.384 e. The lowest BCUT2D eigenvalue weighted by Gasteiger charge is -2.29. The van der Waals surface area contributed by atoms with Crippen molar-refractivity contribution in [2.24, 2.45) is 23.5 Å². The number of hydrogen-bond acceptors (Lipinski definition) is 3. The van der Waals surface area contributed by atoms with Gasteiger partial charge in [-0.25, -0.2) is 0 Å². The van der Waals surface area contributed by atoms with Gasteiger partial charge in [0.15, 0.2) is 0 Å². The molecule has 0 spiro atoms. The Balaban J connectivity index is 1.74. The van der Waals surface area contributed by atoms with E-state index in [1.54, 1.807) is 6.20 Å². The van der Waals surface area contributed by atoms with Crippen molar-refractivity contribution in [2.75, 3.05) is 18.5 Å². The molecule has 3 unspecified atom stereocenters. The van der Waals surface area contributed by atoms with Crippen LogP contribution in [0.2, 0.25) is 0 Å². The molecule has 3 rings (SSSR count). The van der Waals surface area contributed by atoms with E-state index in [1.165, 1.54) is 25.7 Å². The maximum atomic E-state index is 7.66. The Hall–Kier alpha value is -1.58.